The maximum atomic E-state index is 11.2. The zero-order valence-electron chi connectivity index (χ0n) is 8.39. The third-order valence-electron chi connectivity index (χ3n) is 1.88. The van der Waals surface area contributed by atoms with E-state index in [-0.39, 0.29) is 16.8 Å². The van der Waals surface area contributed by atoms with Gasteiger partial charge >= 0.3 is 5.91 Å². The molecule has 1 amide bonds. The third kappa shape index (κ3) is 5.11. The summed E-state index contributed by atoms with van der Waals surface area (Å²) < 4.78 is 30.9. The highest BCUT2D eigenvalue weighted by atomic mass is 32.2. The minimum absolute atomic E-state index is 0.0129. The number of amides is 1. The number of carbonyl (C=O) groups excluding carboxylic acids is 1. The molecule has 0 radical (unpaired) electrons. The van der Waals surface area contributed by atoms with Gasteiger partial charge in [-0.15, -0.1) is 0 Å². The first-order valence-corrected chi connectivity index (χ1v) is 5.70. The van der Waals surface area contributed by atoms with E-state index in [1.807, 2.05) is 0 Å². The predicted molar refractivity (Wildman–Crippen MR) is 51.4 cm³/mol. The number of hydrogen-bond donors (Lipinski definition) is 0. The fourth-order valence-corrected chi connectivity index (χ4v) is 1.48. The molecule has 0 rings (SSSR count). The molecule has 5 nitrogen and oxygen atoms in total. The van der Waals surface area contributed by atoms with Crippen LogP contribution in [0.15, 0.2) is 12.7 Å². The van der Waals surface area contributed by atoms with Crippen LogP contribution in [0.25, 0.3) is 0 Å². The summed E-state index contributed by atoms with van der Waals surface area (Å²) in [6, 6.07) is 0. The fraction of sp³-hybridized carbons (Fsp3) is 0.625. The highest BCUT2D eigenvalue weighted by Crippen LogP contribution is 2.02. The Bertz CT molecular complexity index is 318. The quantitative estimate of drug-likeness (QED) is 0.363. The molecule has 14 heavy (non-hydrogen) atoms. The van der Waals surface area contributed by atoms with Crippen LogP contribution in [0.5, 0.6) is 0 Å². The number of rotatable bonds is 5. The first-order chi connectivity index (χ1) is 6.19. The summed E-state index contributed by atoms with van der Waals surface area (Å²) in [6.07, 6.45) is 1.37. The maximum Gasteiger partial charge on any atom is 0.337 e. The molecule has 0 atom stereocenters. The zero-order valence-corrected chi connectivity index (χ0v) is 9.21. The molecule has 6 heteroatoms. The minimum atomic E-state index is -4.18. The van der Waals surface area contributed by atoms with Crippen molar-refractivity contribution in [3.63, 3.8) is 0 Å². The Kier molecular flexibility index (Phi) is 4.44. The molecule has 0 aliphatic heterocycles. The summed E-state index contributed by atoms with van der Waals surface area (Å²) in [5.41, 5.74) is 0. The number of carbonyl (C=O) groups is 1. The van der Waals surface area contributed by atoms with E-state index in [1.165, 1.54) is 6.08 Å². The van der Waals surface area contributed by atoms with Crippen molar-refractivity contribution >= 4 is 16.0 Å². The van der Waals surface area contributed by atoms with Crippen molar-refractivity contribution in [1.29, 1.82) is 0 Å². The zero-order chi connectivity index (χ0) is 11.4. The van der Waals surface area contributed by atoms with Crippen LogP contribution in [0, 0.1) is 0 Å². The molecule has 0 aliphatic rings. The summed E-state index contributed by atoms with van der Waals surface area (Å²) in [4.78, 5) is 11.2. The molecule has 0 aromatic heterocycles. The largest absolute Gasteiger partial charge is 0.748 e. The summed E-state index contributed by atoms with van der Waals surface area (Å²) in [5.74, 6) is -0.632. The molecule has 0 spiro atoms. The second-order valence-corrected chi connectivity index (χ2v) is 5.09. The van der Waals surface area contributed by atoms with E-state index in [0.717, 1.165) is 0 Å². The maximum absolute atomic E-state index is 11.2. The van der Waals surface area contributed by atoms with Crippen molar-refractivity contribution in [1.82, 2.24) is 0 Å². The van der Waals surface area contributed by atoms with Crippen LogP contribution in [0.4, 0.5) is 0 Å². The average molecular weight is 221 g/mol. The molecule has 0 saturated heterocycles. The third-order valence-corrected chi connectivity index (χ3v) is 2.67. The van der Waals surface area contributed by atoms with Gasteiger partial charge in [-0.3, -0.25) is 4.48 Å². The second kappa shape index (κ2) is 4.68. The Labute approximate surface area is 84.4 Å². The smallest absolute Gasteiger partial charge is 0.337 e. The van der Waals surface area contributed by atoms with Crippen molar-refractivity contribution in [2.24, 2.45) is 0 Å². The van der Waals surface area contributed by atoms with Crippen LogP contribution in [-0.2, 0) is 14.9 Å². The Morgan fingerprint density at radius 2 is 2.00 bits per heavy atom. The summed E-state index contributed by atoms with van der Waals surface area (Å²) in [6.45, 7) is 3.65. The number of nitrogens with zero attached hydrogens (tertiary/aromatic N) is 1. The standard InChI is InChI=1S/C8H15NO4S/c1-4-8(10)9(2,3)6-5-7-14(11,12)13/h4H,1,5-7H2,2-3H3. The summed E-state index contributed by atoms with van der Waals surface area (Å²) >= 11 is 0. The van der Waals surface area contributed by atoms with Gasteiger partial charge in [0.2, 0.25) is 0 Å². The van der Waals surface area contributed by atoms with E-state index in [0.29, 0.717) is 6.54 Å². The van der Waals surface area contributed by atoms with Gasteiger partial charge in [-0.1, -0.05) is 6.58 Å². The monoisotopic (exact) mass is 221 g/mol. The second-order valence-electron chi connectivity index (χ2n) is 3.57. The van der Waals surface area contributed by atoms with Gasteiger partial charge in [0.1, 0.15) is 0 Å². The average Bonchev–Trinajstić information content (AvgIpc) is 2.00. The van der Waals surface area contributed by atoms with Gasteiger partial charge in [-0.2, -0.15) is 0 Å². The molecule has 0 unspecified atom stereocenters. The highest BCUT2D eigenvalue weighted by molar-refractivity contribution is 7.85. The van der Waals surface area contributed by atoms with E-state index in [9.17, 15) is 17.8 Å². The van der Waals surface area contributed by atoms with E-state index in [4.69, 9.17) is 0 Å². The van der Waals surface area contributed by atoms with Crippen LogP contribution in [0.3, 0.4) is 0 Å². The fourth-order valence-electron chi connectivity index (χ4n) is 0.994. The van der Waals surface area contributed by atoms with Crippen LogP contribution in [0.1, 0.15) is 6.42 Å². The lowest BCUT2D eigenvalue weighted by Gasteiger charge is -2.25. The summed E-state index contributed by atoms with van der Waals surface area (Å²) in [5, 5.41) is 0. The van der Waals surface area contributed by atoms with E-state index in [1.54, 1.807) is 14.1 Å². The molecule has 82 valence electrons. The molecule has 0 aromatic rings. The normalized spacial score (nSPS) is 12.5. The topological polar surface area (TPSA) is 74.3 Å². The van der Waals surface area contributed by atoms with Gasteiger partial charge in [0.05, 0.1) is 30.8 Å². The van der Waals surface area contributed by atoms with Crippen LogP contribution < -0.4 is 0 Å². The van der Waals surface area contributed by atoms with Crippen LogP contribution in [-0.4, -0.2) is 49.8 Å². The first kappa shape index (κ1) is 13.3. The van der Waals surface area contributed by atoms with Crippen LogP contribution in [0.2, 0.25) is 0 Å². The van der Waals surface area contributed by atoms with Gasteiger partial charge in [-0.25, -0.2) is 13.2 Å². The molecule has 0 bridgehead atoms. The van der Waals surface area contributed by atoms with Gasteiger partial charge < -0.3 is 4.55 Å². The SMILES string of the molecule is C=CC(=O)[N+](C)(C)CCCS(=O)(=O)[O-]. The Balaban J connectivity index is 4.13. The Hall–Kier alpha value is -0.720. The predicted octanol–water partition coefficient (Wildman–Crippen LogP) is -0.289. The van der Waals surface area contributed by atoms with Gasteiger partial charge in [-0.05, 0) is 0 Å². The van der Waals surface area contributed by atoms with Crippen LogP contribution >= 0.6 is 0 Å². The molecule has 0 N–H and O–H groups in total. The first-order valence-electron chi connectivity index (χ1n) is 4.12. The lowest BCUT2D eigenvalue weighted by molar-refractivity contribution is -0.811. The summed E-state index contributed by atoms with van der Waals surface area (Å²) in [7, 11) is -0.895. The van der Waals surface area contributed by atoms with Gasteiger partial charge in [0.25, 0.3) is 0 Å². The molecular weight excluding hydrogens is 206 g/mol. The molecule has 0 fully saturated rings. The minimum Gasteiger partial charge on any atom is -0.748 e. The van der Waals surface area contributed by atoms with Crippen molar-refractivity contribution in [2.75, 3.05) is 26.4 Å². The van der Waals surface area contributed by atoms with Crippen molar-refractivity contribution < 1.29 is 22.2 Å². The Morgan fingerprint density at radius 3 is 2.36 bits per heavy atom. The molecule has 0 aliphatic carbocycles. The lowest BCUT2D eigenvalue weighted by Crippen LogP contribution is -2.45. The highest BCUT2D eigenvalue weighted by Gasteiger charge is 2.22. The van der Waals surface area contributed by atoms with Crippen molar-refractivity contribution in [2.45, 2.75) is 6.42 Å². The van der Waals surface area contributed by atoms with E-state index >= 15 is 0 Å². The molecule has 0 aromatic carbocycles. The molecule has 0 heterocycles. The Morgan fingerprint density at radius 1 is 1.50 bits per heavy atom. The number of quaternary nitrogens is 1. The van der Waals surface area contributed by atoms with Crippen molar-refractivity contribution in [3.8, 4) is 0 Å². The number of likely N-dealkylation sites (N-methyl/N-ethyl adjacent to an activating group) is 1. The molecular formula is C8H15NO4S. The van der Waals surface area contributed by atoms with Gasteiger partial charge in [0, 0.05) is 18.2 Å². The lowest BCUT2D eigenvalue weighted by atomic mass is 10.3. The van der Waals surface area contributed by atoms with Gasteiger partial charge in [0.15, 0.2) is 0 Å². The molecule has 0 saturated carbocycles. The van der Waals surface area contributed by atoms with E-state index in [2.05, 4.69) is 6.58 Å². The van der Waals surface area contributed by atoms with E-state index < -0.39 is 15.9 Å². The number of hydrogen-bond acceptors (Lipinski definition) is 4. The van der Waals surface area contributed by atoms with Crippen molar-refractivity contribution in [3.05, 3.63) is 12.7 Å².